The van der Waals surface area contributed by atoms with Crippen LogP contribution in [0, 0.1) is 5.92 Å². The van der Waals surface area contributed by atoms with Crippen LogP contribution in [0.2, 0.25) is 0 Å². The molecule has 1 aromatic heterocycles. The number of imide groups is 1. The Morgan fingerprint density at radius 3 is 2.58 bits per heavy atom. The summed E-state index contributed by atoms with van der Waals surface area (Å²) in [5, 5.41) is 2.70. The number of piperidine rings is 1. The number of nitrogens with zero attached hydrogens (tertiary/aromatic N) is 3. The summed E-state index contributed by atoms with van der Waals surface area (Å²) in [7, 11) is 0. The molecular formula is C23H24N4O4. The largest absolute Gasteiger partial charge is 0.342 e. The molecule has 2 aromatic rings. The Morgan fingerprint density at radius 1 is 0.968 bits per heavy atom. The van der Waals surface area contributed by atoms with Crippen molar-refractivity contribution in [3.63, 3.8) is 0 Å². The predicted molar refractivity (Wildman–Crippen MR) is 114 cm³/mol. The fourth-order valence-electron chi connectivity index (χ4n) is 5.07. The van der Waals surface area contributed by atoms with E-state index in [0.717, 1.165) is 17.0 Å². The highest BCUT2D eigenvalue weighted by Gasteiger charge is 2.40. The zero-order valence-electron chi connectivity index (χ0n) is 17.1. The van der Waals surface area contributed by atoms with Crippen LogP contribution < -0.4 is 15.8 Å². The molecule has 1 N–H and O–H groups in total. The van der Waals surface area contributed by atoms with E-state index >= 15 is 0 Å². The van der Waals surface area contributed by atoms with Crippen molar-refractivity contribution < 1.29 is 14.4 Å². The molecule has 4 amide bonds. The average molecular weight is 420 g/mol. The Labute approximate surface area is 179 Å². The first-order valence-corrected chi connectivity index (χ1v) is 10.7. The molecule has 2 saturated heterocycles. The van der Waals surface area contributed by atoms with E-state index in [1.807, 2.05) is 21.6 Å². The van der Waals surface area contributed by atoms with E-state index in [0.29, 0.717) is 25.3 Å². The minimum absolute atomic E-state index is 0.0124. The van der Waals surface area contributed by atoms with Gasteiger partial charge in [-0.05, 0) is 37.0 Å². The third kappa shape index (κ3) is 3.52. The minimum Gasteiger partial charge on any atom is -0.342 e. The first-order valence-electron chi connectivity index (χ1n) is 10.7. The van der Waals surface area contributed by atoms with E-state index in [9.17, 15) is 19.2 Å². The molecule has 0 unspecified atom stereocenters. The zero-order valence-corrected chi connectivity index (χ0v) is 17.1. The van der Waals surface area contributed by atoms with Crippen LogP contribution in [0.5, 0.6) is 0 Å². The molecule has 8 nitrogen and oxygen atoms in total. The second-order valence-corrected chi connectivity index (χ2v) is 8.55. The standard InChI is InChI=1S/C23H24N4O4/c28-20(10-9-18-22(30)27(23(31)24-18)17-5-2-1-3-6-17)25-12-15-11-16(14-25)19-7-4-8-21(29)26(19)13-15/h1-8,15-16,18H,9-14H2,(H,24,31)/t15-,16+,18-/m0/s1. The lowest BCUT2D eigenvalue weighted by Crippen LogP contribution is -2.49. The van der Waals surface area contributed by atoms with Gasteiger partial charge in [-0.25, -0.2) is 9.69 Å². The van der Waals surface area contributed by atoms with Crippen molar-refractivity contribution in [2.75, 3.05) is 18.0 Å². The summed E-state index contributed by atoms with van der Waals surface area (Å²) in [4.78, 5) is 53.1. The number of hydrogen-bond donors (Lipinski definition) is 1. The first-order chi connectivity index (χ1) is 15.0. The SMILES string of the molecule is O=C(CC[C@@H]1NC(=O)N(c2ccccc2)C1=O)N1C[C@@H]2C[C@H](C1)c1cccc(=O)n1C2. The quantitative estimate of drug-likeness (QED) is 0.762. The first kappa shape index (κ1) is 19.5. The molecule has 0 radical (unpaired) electrons. The molecule has 160 valence electrons. The van der Waals surface area contributed by atoms with Crippen molar-refractivity contribution in [3.05, 3.63) is 64.6 Å². The van der Waals surface area contributed by atoms with Crippen molar-refractivity contribution >= 4 is 23.5 Å². The summed E-state index contributed by atoms with van der Waals surface area (Å²) in [6, 6.07) is 13.0. The predicted octanol–water partition coefficient (Wildman–Crippen LogP) is 1.70. The Bertz CT molecular complexity index is 1100. The van der Waals surface area contributed by atoms with Crippen molar-refractivity contribution in [1.29, 1.82) is 0 Å². The molecular weight excluding hydrogens is 396 g/mol. The highest BCUT2D eigenvalue weighted by Crippen LogP contribution is 2.35. The van der Waals surface area contributed by atoms with Crippen molar-refractivity contribution in [2.45, 2.75) is 37.8 Å². The molecule has 0 spiro atoms. The summed E-state index contributed by atoms with van der Waals surface area (Å²) in [6.45, 7) is 1.84. The minimum atomic E-state index is -0.694. The summed E-state index contributed by atoms with van der Waals surface area (Å²) in [5.41, 5.74) is 1.54. The van der Waals surface area contributed by atoms with Gasteiger partial charge >= 0.3 is 6.03 Å². The number of carbonyl (C=O) groups is 3. The lowest BCUT2D eigenvalue weighted by atomic mass is 9.83. The van der Waals surface area contributed by atoms with Gasteiger partial charge in [-0.15, -0.1) is 0 Å². The Hall–Kier alpha value is -3.42. The maximum Gasteiger partial charge on any atom is 0.329 e. The van der Waals surface area contributed by atoms with Gasteiger partial charge in [0.25, 0.3) is 11.5 Å². The smallest absolute Gasteiger partial charge is 0.329 e. The summed E-state index contributed by atoms with van der Waals surface area (Å²) >= 11 is 0. The highest BCUT2D eigenvalue weighted by molar-refractivity contribution is 6.21. The van der Waals surface area contributed by atoms with Gasteiger partial charge in [0.1, 0.15) is 6.04 Å². The summed E-state index contributed by atoms with van der Waals surface area (Å²) in [6.07, 6.45) is 1.45. The monoisotopic (exact) mass is 420 g/mol. The number of benzene rings is 1. The number of hydrogen-bond acceptors (Lipinski definition) is 4. The van der Waals surface area contributed by atoms with E-state index in [2.05, 4.69) is 5.32 Å². The maximum absolute atomic E-state index is 12.9. The number of carbonyl (C=O) groups excluding carboxylic acids is 3. The molecule has 2 bridgehead atoms. The van der Waals surface area contributed by atoms with Crippen LogP contribution in [-0.2, 0) is 16.1 Å². The van der Waals surface area contributed by atoms with Gasteiger partial charge in [-0.3, -0.25) is 14.4 Å². The molecule has 5 rings (SSSR count). The number of urea groups is 1. The number of fused-ring (bicyclic) bond motifs is 4. The number of likely N-dealkylation sites (tertiary alicyclic amines) is 1. The topological polar surface area (TPSA) is 91.7 Å². The van der Waals surface area contributed by atoms with Gasteiger partial charge in [-0.2, -0.15) is 0 Å². The summed E-state index contributed by atoms with van der Waals surface area (Å²) < 4.78 is 1.84. The van der Waals surface area contributed by atoms with Crippen molar-refractivity contribution in [1.82, 2.24) is 14.8 Å². The van der Waals surface area contributed by atoms with Crippen LogP contribution in [0.25, 0.3) is 0 Å². The van der Waals surface area contributed by atoms with Gasteiger partial charge in [0, 0.05) is 43.7 Å². The third-order valence-electron chi connectivity index (χ3n) is 6.51. The normalized spacial score (nSPS) is 24.7. The third-order valence-corrected chi connectivity index (χ3v) is 6.51. The lowest BCUT2D eigenvalue weighted by Gasteiger charge is -2.42. The summed E-state index contributed by atoms with van der Waals surface area (Å²) in [5.74, 6) is 0.0814. The lowest BCUT2D eigenvalue weighted by molar-refractivity contribution is -0.134. The van der Waals surface area contributed by atoms with E-state index in [4.69, 9.17) is 0 Å². The molecule has 1 aromatic carbocycles. The molecule has 3 aliphatic heterocycles. The average Bonchev–Trinajstić information content (AvgIpc) is 3.06. The van der Waals surface area contributed by atoms with E-state index in [-0.39, 0.29) is 42.1 Å². The molecule has 0 aliphatic carbocycles. The number of anilines is 1. The molecule has 3 aliphatic rings. The van der Waals surface area contributed by atoms with Crippen LogP contribution in [-0.4, -0.2) is 46.4 Å². The number of rotatable bonds is 4. The van der Waals surface area contributed by atoms with Gasteiger partial charge in [0.05, 0.1) is 5.69 Å². The molecule has 31 heavy (non-hydrogen) atoms. The number of nitrogens with one attached hydrogen (secondary N) is 1. The van der Waals surface area contributed by atoms with Crippen LogP contribution in [0.1, 0.15) is 30.9 Å². The van der Waals surface area contributed by atoms with Crippen LogP contribution in [0.15, 0.2) is 53.3 Å². The van der Waals surface area contributed by atoms with Gasteiger partial charge in [0.15, 0.2) is 0 Å². The molecule has 2 fully saturated rings. The van der Waals surface area contributed by atoms with Crippen molar-refractivity contribution in [2.24, 2.45) is 5.92 Å². The van der Waals surface area contributed by atoms with Crippen molar-refractivity contribution in [3.8, 4) is 0 Å². The molecule has 8 heteroatoms. The molecule has 0 saturated carbocycles. The number of aromatic nitrogens is 1. The van der Waals surface area contributed by atoms with Crippen LogP contribution in [0.3, 0.4) is 0 Å². The number of amides is 4. The van der Waals surface area contributed by atoms with Crippen LogP contribution >= 0.6 is 0 Å². The van der Waals surface area contributed by atoms with Gasteiger partial charge in [-0.1, -0.05) is 24.3 Å². The van der Waals surface area contributed by atoms with Crippen LogP contribution in [0.4, 0.5) is 10.5 Å². The van der Waals surface area contributed by atoms with Gasteiger partial charge < -0.3 is 14.8 Å². The van der Waals surface area contributed by atoms with E-state index < -0.39 is 12.1 Å². The fraction of sp³-hybridized carbons (Fsp3) is 0.391. The van der Waals surface area contributed by atoms with Gasteiger partial charge in [0.2, 0.25) is 5.91 Å². The fourth-order valence-corrected chi connectivity index (χ4v) is 5.07. The highest BCUT2D eigenvalue weighted by atomic mass is 16.2. The molecule has 3 atom stereocenters. The Morgan fingerprint density at radius 2 is 1.77 bits per heavy atom. The molecule has 4 heterocycles. The number of para-hydroxylation sites is 1. The van der Waals surface area contributed by atoms with E-state index in [1.54, 1.807) is 36.4 Å². The Balaban J connectivity index is 1.22. The maximum atomic E-state index is 12.9. The second-order valence-electron chi connectivity index (χ2n) is 8.55. The van der Waals surface area contributed by atoms with E-state index in [1.165, 1.54) is 0 Å². The second kappa shape index (κ2) is 7.68. The number of pyridine rings is 1. The zero-order chi connectivity index (χ0) is 21.5. The Kier molecular flexibility index (Phi) is 4.84.